The summed E-state index contributed by atoms with van der Waals surface area (Å²) < 4.78 is 0. The minimum Gasteiger partial charge on any atom is -0.392 e. The second kappa shape index (κ2) is 4.97. The van der Waals surface area contributed by atoms with E-state index >= 15 is 0 Å². The first-order chi connectivity index (χ1) is 7.71. The first-order valence-corrected chi connectivity index (χ1v) is 6.76. The molecule has 98 valence electrons. The monoisotopic (exact) mass is 236 g/mol. The molecule has 0 spiro atoms. The van der Waals surface area contributed by atoms with Crippen molar-refractivity contribution in [3.63, 3.8) is 0 Å². The van der Waals surface area contributed by atoms with E-state index in [-0.39, 0.29) is 16.9 Å². The van der Waals surface area contributed by atoms with Crippen LogP contribution in [0.25, 0.3) is 0 Å². The maximum Gasteiger partial charge on any atom is 0.0622 e. The van der Waals surface area contributed by atoms with Crippen LogP contribution in [0.4, 0.5) is 0 Å². The van der Waals surface area contributed by atoms with Crippen molar-refractivity contribution in [2.75, 3.05) is 0 Å². The summed E-state index contributed by atoms with van der Waals surface area (Å²) in [6, 6.07) is 0. The van der Waals surface area contributed by atoms with E-state index in [0.29, 0.717) is 5.92 Å². The molecule has 0 aromatic rings. The van der Waals surface area contributed by atoms with Crippen LogP contribution in [0.2, 0.25) is 0 Å². The molecule has 0 aromatic carbocycles. The summed E-state index contributed by atoms with van der Waals surface area (Å²) in [4.78, 5) is 0. The quantitative estimate of drug-likeness (QED) is 0.720. The summed E-state index contributed by atoms with van der Waals surface area (Å²) in [5.41, 5.74) is 1.63. The Balaban J connectivity index is 2.74. The van der Waals surface area contributed by atoms with Crippen molar-refractivity contribution >= 4 is 0 Å². The zero-order valence-corrected chi connectivity index (χ0v) is 12.2. The average Bonchev–Trinajstić information content (AvgIpc) is 2.50. The van der Waals surface area contributed by atoms with Gasteiger partial charge in [0, 0.05) is 5.41 Å². The van der Waals surface area contributed by atoms with E-state index in [2.05, 4.69) is 52.8 Å². The molecule has 2 atom stereocenters. The molecule has 0 bridgehead atoms. The molecule has 1 N–H and O–H groups in total. The Labute approximate surface area is 107 Å². The minimum absolute atomic E-state index is 0.124. The van der Waals surface area contributed by atoms with Crippen LogP contribution in [0.5, 0.6) is 0 Å². The molecule has 17 heavy (non-hydrogen) atoms. The van der Waals surface area contributed by atoms with Crippen molar-refractivity contribution in [1.82, 2.24) is 0 Å². The van der Waals surface area contributed by atoms with Crippen LogP contribution in [0.1, 0.15) is 54.4 Å². The lowest BCUT2D eigenvalue weighted by atomic mass is 9.76. The zero-order valence-electron chi connectivity index (χ0n) is 12.2. The molecule has 1 nitrogen and oxygen atoms in total. The van der Waals surface area contributed by atoms with Crippen LogP contribution in [0.15, 0.2) is 23.8 Å². The molecule has 0 saturated carbocycles. The Morgan fingerprint density at radius 1 is 1.53 bits per heavy atom. The first kappa shape index (κ1) is 14.5. The number of rotatable bonds is 4. The fourth-order valence-corrected chi connectivity index (χ4v) is 2.47. The molecule has 0 aliphatic heterocycles. The summed E-state index contributed by atoms with van der Waals surface area (Å²) in [6.07, 6.45) is 8.55. The number of hydrogen-bond donors (Lipinski definition) is 1. The van der Waals surface area contributed by atoms with Gasteiger partial charge >= 0.3 is 0 Å². The van der Waals surface area contributed by atoms with Gasteiger partial charge in [-0.15, -0.1) is 0 Å². The molecular weight excluding hydrogens is 208 g/mol. The summed E-state index contributed by atoms with van der Waals surface area (Å²) in [5, 5.41) is 9.98. The van der Waals surface area contributed by atoms with Gasteiger partial charge in [-0.25, -0.2) is 0 Å². The molecule has 1 unspecified atom stereocenters. The predicted octanol–water partition coefficient (Wildman–Crippen LogP) is 4.33. The van der Waals surface area contributed by atoms with E-state index in [4.69, 9.17) is 0 Å². The van der Waals surface area contributed by atoms with Crippen LogP contribution in [0.3, 0.4) is 0 Å². The van der Waals surface area contributed by atoms with Gasteiger partial charge in [-0.1, -0.05) is 58.4 Å². The maximum atomic E-state index is 9.98. The van der Waals surface area contributed by atoms with Crippen LogP contribution < -0.4 is 0 Å². The molecule has 1 heteroatoms. The largest absolute Gasteiger partial charge is 0.392 e. The minimum atomic E-state index is -0.252. The van der Waals surface area contributed by atoms with E-state index in [9.17, 15) is 5.11 Å². The number of aliphatic hydroxyl groups is 1. The van der Waals surface area contributed by atoms with E-state index in [1.807, 2.05) is 6.92 Å². The Morgan fingerprint density at radius 2 is 2.12 bits per heavy atom. The second-order valence-corrected chi connectivity index (χ2v) is 6.56. The lowest BCUT2D eigenvalue weighted by molar-refractivity contribution is 0.0780. The summed E-state index contributed by atoms with van der Waals surface area (Å²) in [7, 11) is 0. The van der Waals surface area contributed by atoms with Gasteiger partial charge in [0.25, 0.3) is 0 Å². The van der Waals surface area contributed by atoms with Crippen LogP contribution in [0, 0.1) is 16.7 Å². The highest BCUT2D eigenvalue weighted by molar-refractivity contribution is 5.22. The molecule has 1 aliphatic rings. The van der Waals surface area contributed by atoms with Crippen LogP contribution >= 0.6 is 0 Å². The Kier molecular flexibility index (Phi) is 4.24. The number of aliphatic hydroxyl groups excluding tert-OH is 1. The maximum absolute atomic E-state index is 9.98. The standard InChI is InChI=1S/C16H28O/c1-7-14(17)15(3,4)11-10-13-9-8-12(2)16(13,5)6/h8,10-11,13-14,17H,7,9H2,1-6H3/b11-10+/t13-,14?/m0/s1. The molecular formula is C16H28O. The Bertz CT molecular complexity index is 320. The first-order valence-electron chi connectivity index (χ1n) is 6.76. The fourth-order valence-electron chi connectivity index (χ4n) is 2.47. The van der Waals surface area contributed by atoms with Gasteiger partial charge in [-0.05, 0) is 31.1 Å². The summed E-state index contributed by atoms with van der Waals surface area (Å²) in [5.74, 6) is 0.575. The van der Waals surface area contributed by atoms with Crippen LogP contribution in [-0.2, 0) is 0 Å². The van der Waals surface area contributed by atoms with Gasteiger partial charge < -0.3 is 5.11 Å². The smallest absolute Gasteiger partial charge is 0.0622 e. The summed E-state index contributed by atoms with van der Waals surface area (Å²) in [6.45, 7) is 13.1. The van der Waals surface area contributed by atoms with Crippen molar-refractivity contribution < 1.29 is 5.11 Å². The van der Waals surface area contributed by atoms with Gasteiger partial charge in [-0.3, -0.25) is 0 Å². The molecule has 0 aromatic heterocycles. The zero-order chi connectivity index (χ0) is 13.3. The number of allylic oxidation sites excluding steroid dienone is 3. The van der Waals surface area contributed by atoms with Crippen molar-refractivity contribution in [2.24, 2.45) is 16.7 Å². The molecule has 0 amide bonds. The Morgan fingerprint density at radius 3 is 2.53 bits per heavy atom. The van der Waals surface area contributed by atoms with Gasteiger partial charge in [0.15, 0.2) is 0 Å². The highest BCUT2D eigenvalue weighted by Gasteiger charge is 2.33. The van der Waals surface area contributed by atoms with Crippen molar-refractivity contribution in [3.05, 3.63) is 23.8 Å². The fraction of sp³-hybridized carbons (Fsp3) is 0.750. The predicted molar refractivity (Wildman–Crippen MR) is 74.9 cm³/mol. The lowest BCUT2D eigenvalue weighted by Gasteiger charge is -2.30. The van der Waals surface area contributed by atoms with Gasteiger partial charge in [0.2, 0.25) is 0 Å². The summed E-state index contributed by atoms with van der Waals surface area (Å²) >= 11 is 0. The third-order valence-electron chi connectivity index (χ3n) is 4.62. The molecule has 0 radical (unpaired) electrons. The topological polar surface area (TPSA) is 20.2 Å². The van der Waals surface area contributed by atoms with Crippen molar-refractivity contribution in [3.8, 4) is 0 Å². The van der Waals surface area contributed by atoms with E-state index < -0.39 is 0 Å². The Hall–Kier alpha value is -0.560. The normalized spacial score (nSPS) is 26.3. The molecule has 0 heterocycles. The molecule has 1 rings (SSSR count). The van der Waals surface area contributed by atoms with E-state index in [1.54, 1.807) is 0 Å². The number of hydrogen-bond acceptors (Lipinski definition) is 1. The van der Waals surface area contributed by atoms with E-state index in [0.717, 1.165) is 12.8 Å². The molecule has 1 aliphatic carbocycles. The van der Waals surface area contributed by atoms with Gasteiger partial charge in [0.1, 0.15) is 0 Å². The molecule has 0 fully saturated rings. The lowest BCUT2D eigenvalue weighted by Crippen LogP contribution is -2.27. The second-order valence-electron chi connectivity index (χ2n) is 6.56. The third kappa shape index (κ3) is 3.01. The van der Waals surface area contributed by atoms with E-state index in [1.165, 1.54) is 5.57 Å². The highest BCUT2D eigenvalue weighted by Crippen LogP contribution is 2.44. The van der Waals surface area contributed by atoms with Crippen LogP contribution in [-0.4, -0.2) is 11.2 Å². The van der Waals surface area contributed by atoms with Crippen molar-refractivity contribution in [2.45, 2.75) is 60.5 Å². The van der Waals surface area contributed by atoms with Crippen molar-refractivity contribution in [1.29, 1.82) is 0 Å². The van der Waals surface area contributed by atoms with Gasteiger partial charge in [0.05, 0.1) is 6.10 Å². The highest BCUT2D eigenvalue weighted by atomic mass is 16.3. The average molecular weight is 236 g/mol. The third-order valence-corrected chi connectivity index (χ3v) is 4.62. The SMILES string of the molecule is CCC(O)C(C)(C)/C=C/[C@@H]1CC=C(C)C1(C)C. The molecule has 0 saturated heterocycles. The van der Waals surface area contributed by atoms with Gasteiger partial charge in [-0.2, -0.15) is 0 Å².